The third-order valence-electron chi connectivity index (χ3n) is 5.22. The van der Waals surface area contributed by atoms with Gasteiger partial charge < -0.3 is 0 Å². The van der Waals surface area contributed by atoms with E-state index in [-0.39, 0.29) is 18.4 Å². The second kappa shape index (κ2) is 9.67. The number of imide groups is 1. The molecule has 166 valence electrons. The van der Waals surface area contributed by atoms with Crippen LogP contribution in [0.5, 0.6) is 0 Å². The lowest BCUT2D eigenvalue weighted by Crippen LogP contribution is -2.55. The number of carbonyl (C=O) groups excluding carboxylic acids is 4. The van der Waals surface area contributed by atoms with E-state index in [2.05, 4.69) is 5.43 Å². The van der Waals surface area contributed by atoms with Crippen molar-refractivity contribution in [3.05, 3.63) is 101 Å². The molecular formula is C25H20ClN3O4. The lowest BCUT2D eigenvalue weighted by atomic mass is 10.1. The van der Waals surface area contributed by atoms with Crippen molar-refractivity contribution >= 4 is 40.9 Å². The van der Waals surface area contributed by atoms with Crippen LogP contribution in [0, 0.1) is 0 Å². The van der Waals surface area contributed by atoms with E-state index < -0.39 is 29.7 Å². The Morgan fingerprint density at radius 3 is 2.27 bits per heavy atom. The van der Waals surface area contributed by atoms with Gasteiger partial charge in [-0.1, -0.05) is 66.2 Å². The molecule has 1 atom stereocenters. The molecule has 0 bridgehead atoms. The Morgan fingerprint density at radius 1 is 0.939 bits per heavy atom. The van der Waals surface area contributed by atoms with Crippen molar-refractivity contribution in [1.82, 2.24) is 10.4 Å². The van der Waals surface area contributed by atoms with Gasteiger partial charge in [-0.3, -0.25) is 24.6 Å². The van der Waals surface area contributed by atoms with Gasteiger partial charge in [-0.05, 0) is 35.9 Å². The number of halogens is 1. The topological polar surface area (TPSA) is 86.8 Å². The zero-order valence-electron chi connectivity index (χ0n) is 17.5. The van der Waals surface area contributed by atoms with E-state index in [4.69, 9.17) is 11.6 Å². The number of nitrogens with zero attached hydrogens (tertiary/aromatic N) is 2. The zero-order valence-corrected chi connectivity index (χ0v) is 18.2. The molecule has 1 unspecified atom stereocenters. The summed E-state index contributed by atoms with van der Waals surface area (Å²) in [6, 6.07) is 22.5. The van der Waals surface area contributed by atoms with E-state index in [9.17, 15) is 19.2 Å². The lowest BCUT2D eigenvalue weighted by Gasteiger charge is -2.28. The summed E-state index contributed by atoms with van der Waals surface area (Å²) in [6.07, 6.45) is -0.302. The number of para-hydroxylation sites is 1. The molecule has 1 aliphatic rings. The number of anilines is 1. The molecule has 3 aromatic rings. The SMILES string of the molecule is O=C(NN(C(=O)Cc1ccccc1)C1CC(=O)N(c2ccccc2)C1=O)c1cccc(Cl)c1. The molecule has 4 rings (SSSR count). The third-order valence-corrected chi connectivity index (χ3v) is 5.46. The summed E-state index contributed by atoms with van der Waals surface area (Å²) in [5.41, 5.74) is 3.87. The minimum atomic E-state index is -1.17. The number of amides is 4. The van der Waals surface area contributed by atoms with Gasteiger partial charge in [-0.15, -0.1) is 0 Å². The van der Waals surface area contributed by atoms with Gasteiger partial charge in [0.25, 0.3) is 11.8 Å². The summed E-state index contributed by atoms with van der Waals surface area (Å²) in [4.78, 5) is 53.1. The molecule has 1 saturated heterocycles. The van der Waals surface area contributed by atoms with Crippen molar-refractivity contribution in [3.8, 4) is 0 Å². The van der Waals surface area contributed by atoms with Crippen molar-refractivity contribution in [2.75, 3.05) is 4.90 Å². The number of carbonyl (C=O) groups is 4. The molecular weight excluding hydrogens is 442 g/mol. The van der Waals surface area contributed by atoms with Crippen LogP contribution in [0.2, 0.25) is 5.02 Å². The molecule has 7 nitrogen and oxygen atoms in total. The quantitative estimate of drug-likeness (QED) is 0.466. The molecule has 33 heavy (non-hydrogen) atoms. The van der Waals surface area contributed by atoms with E-state index in [0.717, 1.165) is 9.91 Å². The molecule has 0 radical (unpaired) electrons. The fourth-order valence-corrected chi connectivity index (χ4v) is 3.83. The number of hydrogen-bond donors (Lipinski definition) is 1. The smallest absolute Gasteiger partial charge is 0.269 e. The predicted molar refractivity (Wildman–Crippen MR) is 123 cm³/mol. The van der Waals surface area contributed by atoms with Crippen LogP contribution in [0.15, 0.2) is 84.9 Å². The molecule has 8 heteroatoms. The van der Waals surface area contributed by atoms with Crippen LogP contribution in [0.4, 0.5) is 5.69 Å². The van der Waals surface area contributed by atoms with Gasteiger partial charge in [0.05, 0.1) is 18.5 Å². The normalized spacial score (nSPS) is 15.4. The highest BCUT2D eigenvalue weighted by atomic mass is 35.5. The maximum atomic E-state index is 13.2. The van der Waals surface area contributed by atoms with E-state index in [0.29, 0.717) is 16.3 Å². The Labute approximate surface area is 195 Å². The van der Waals surface area contributed by atoms with E-state index >= 15 is 0 Å². The molecule has 1 aliphatic heterocycles. The molecule has 0 aromatic heterocycles. The largest absolute Gasteiger partial charge is 0.274 e. The minimum Gasteiger partial charge on any atom is -0.274 e. The second-order valence-electron chi connectivity index (χ2n) is 7.50. The average Bonchev–Trinajstić information content (AvgIpc) is 3.11. The van der Waals surface area contributed by atoms with Crippen molar-refractivity contribution in [2.24, 2.45) is 0 Å². The fraction of sp³-hybridized carbons (Fsp3) is 0.120. The summed E-state index contributed by atoms with van der Waals surface area (Å²) in [5, 5.41) is 1.33. The number of rotatable bonds is 5. The van der Waals surface area contributed by atoms with Crippen molar-refractivity contribution in [1.29, 1.82) is 0 Å². The highest BCUT2D eigenvalue weighted by Crippen LogP contribution is 2.25. The summed E-state index contributed by atoms with van der Waals surface area (Å²) in [6.45, 7) is 0. The number of nitrogens with one attached hydrogen (secondary N) is 1. The average molecular weight is 462 g/mol. The van der Waals surface area contributed by atoms with E-state index in [1.54, 1.807) is 72.8 Å². The van der Waals surface area contributed by atoms with Crippen molar-refractivity contribution in [2.45, 2.75) is 18.9 Å². The Balaban J connectivity index is 1.63. The van der Waals surface area contributed by atoms with Crippen LogP contribution in [-0.2, 0) is 20.8 Å². The molecule has 1 N–H and O–H groups in total. The van der Waals surface area contributed by atoms with Crippen LogP contribution < -0.4 is 10.3 Å². The summed E-state index contributed by atoms with van der Waals surface area (Å²) >= 11 is 5.99. The van der Waals surface area contributed by atoms with Crippen molar-refractivity contribution in [3.63, 3.8) is 0 Å². The van der Waals surface area contributed by atoms with Gasteiger partial charge in [0.15, 0.2) is 0 Å². The summed E-state index contributed by atoms with van der Waals surface area (Å²) < 4.78 is 0. The lowest BCUT2D eigenvalue weighted by molar-refractivity contribution is -0.140. The van der Waals surface area contributed by atoms with Gasteiger partial charge in [-0.25, -0.2) is 9.91 Å². The first-order valence-corrected chi connectivity index (χ1v) is 10.7. The maximum absolute atomic E-state index is 13.2. The highest BCUT2D eigenvalue weighted by Gasteiger charge is 2.45. The van der Waals surface area contributed by atoms with E-state index in [1.165, 1.54) is 6.07 Å². The molecule has 1 heterocycles. The number of hydrogen-bond acceptors (Lipinski definition) is 4. The fourth-order valence-electron chi connectivity index (χ4n) is 3.64. The van der Waals surface area contributed by atoms with Crippen molar-refractivity contribution < 1.29 is 19.2 Å². The third kappa shape index (κ3) is 4.94. The highest BCUT2D eigenvalue weighted by molar-refractivity contribution is 6.31. The van der Waals surface area contributed by atoms with Crippen LogP contribution in [0.1, 0.15) is 22.3 Å². The first-order valence-electron chi connectivity index (χ1n) is 10.3. The minimum absolute atomic E-state index is 0.0556. The molecule has 0 aliphatic carbocycles. The molecule has 1 fully saturated rings. The van der Waals surface area contributed by atoms with Crippen LogP contribution in [-0.4, -0.2) is 34.7 Å². The van der Waals surface area contributed by atoms with Gasteiger partial charge in [0.1, 0.15) is 6.04 Å². The predicted octanol–water partition coefficient (Wildman–Crippen LogP) is 3.39. The molecule has 4 amide bonds. The number of benzene rings is 3. The maximum Gasteiger partial charge on any atom is 0.269 e. The molecule has 0 saturated carbocycles. The summed E-state index contributed by atoms with van der Waals surface area (Å²) in [5.74, 6) is -2.17. The Morgan fingerprint density at radius 2 is 1.61 bits per heavy atom. The van der Waals surface area contributed by atoms with E-state index in [1.807, 2.05) is 6.07 Å². The first-order chi connectivity index (χ1) is 15.9. The van der Waals surface area contributed by atoms with Crippen LogP contribution >= 0.6 is 11.6 Å². The molecule has 3 aromatic carbocycles. The summed E-state index contributed by atoms with van der Waals surface area (Å²) in [7, 11) is 0. The number of hydrazine groups is 1. The van der Waals surface area contributed by atoms with Gasteiger partial charge in [-0.2, -0.15) is 0 Å². The second-order valence-corrected chi connectivity index (χ2v) is 7.94. The Hall–Kier alpha value is -3.97. The van der Waals surface area contributed by atoms with Gasteiger partial charge >= 0.3 is 0 Å². The monoisotopic (exact) mass is 461 g/mol. The Kier molecular flexibility index (Phi) is 6.51. The van der Waals surface area contributed by atoms with Gasteiger partial charge in [0.2, 0.25) is 11.8 Å². The van der Waals surface area contributed by atoms with Crippen LogP contribution in [0.3, 0.4) is 0 Å². The Bertz CT molecular complexity index is 1200. The van der Waals surface area contributed by atoms with Crippen LogP contribution in [0.25, 0.3) is 0 Å². The molecule has 0 spiro atoms. The zero-order chi connectivity index (χ0) is 23.4. The standard InChI is InChI=1S/C25H20ClN3O4/c26-19-11-7-10-18(15-19)24(32)27-29(23(31)14-17-8-3-1-4-9-17)21-16-22(30)28(25(21)33)20-12-5-2-6-13-20/h1-13,15,21H,14,16H2,(H,27,32). The van der Waals surface area contributed by atoms with Gasteiger partial charge in [0, 0.05) is 10.6 Å². The first kappa shape index (κ1) is 22.2.